The number of pyridine rings is 1. The Labute approximate surface area is 152 Å². The zero-order valence-electron chi connectivity index (χ0n) is 14.8. The van der Waals surface area contributed by atoms with Crippen molar-refractivity contribution in [1.29, 1.82) is 0 Å². The van der Waals surface area contributed by atoms with Gasteiger partial charge >= 0.3 is 0 Å². The van der Waals surface area contributed by atoms with Crippen molar-refractivity contribution >= 4 is 5.91 Å². The van der Waals surface area contributed by atoms with Crippen LogP contribution in [0.2, 0.25) is 0 Å². The monoisotopic (exact) mass is 355 g/mol. The summed E-state index contributed by atoms with van der Waals surface area (Å²) in [7, 11) is 0. The number of amides is 1. The Balaban J connectivity index is 1.31. The molecule has 7 heteroatoms. The van der Waals surface area contributed by atoms with Gasteiger partial charge in [-0.15, -0.1) is 0 Å². The molecule has 2 fully saturated rings. The normalized spacial score (nSPS) is 27.9. The zero-order valence-corrected chi connectivity index (χ0v) is 14.8. The van der Waals surface area contributed by atoms with E-state index in [1.807, 2.05) is 18.2 Å². The van der Waals surface area contributed by atoms with Crippen LogP contribution in [0, 0.1) is 11.8 Å². The van der Waals surface area contributed by atoms with Gasteiger partial charge in [-0.2, -0.15) is 4.98 Å². The fourth-order valence-electron chi connectivity index (χ4n) is 4.46. The summed E-state index contributed by atoms with van der Waals surface area (Å²) in [6, 6.07) is 6.11. The standard InChI is InChI=1S/C19H25N5O2/c20-14-10-12-4-3-5-13(11-14)18(12)22-16(25)7-8-17-23-19(24-26-17)15-6-1-2-9-21-15/h1-2,6,9,12-14,18H,3-5,7-8,10-11,20H2,(H,22,25). The highest BCUT2D eigenvalue weighted by Gasteiger charge is 2.39. The molecular formula is C19H25N5O2. The van der Waals surface area contributed by atoms with Crippen LogP contribution in [0.5, 0.6) is 0 Å². The van der Waals surface area contributed by atoms with Gasteiger partial charge in [-0.25, -0.2) is 0 Å². The lowest BCUT2D eigenvalue weighted by Gasteiger charge is -2.45. The van der Waals surface area contributed by atoms with E-state index in [0.29, 0.717) is 48.1 Å². The molecule has 0 aliphatic heterocycles. The third-order valence-electron chi connectivity index (χ3n) is 5.63. The van der Waals surface area contributed by atoms with E-state index >= 15 is 0 Å². The van der Waals surface area contributed by atoms with Gasteiger partial charge in [0, 0.05) is 31.1 Å². The van der Waals surface area contributed by atoms with Crippen molar-refractivity contribution in [3.05, 3.63) is 30.3 Å². The average molecular weight is 355 g/mol. The van der Waals surface area contributed by atoms with Crippen molar-refractivity contribution in [1.82, 2.24) is 20.4 Å². The largest absolute Gasteiger partial charge is 0.353 e. The van der Waals surface area contributed by atoms with Crippen LogP contribution in [-0.2, 0) is 11.2 Å². The van der Waals surface area contributed by atoms with Crippen LogP contribution in [-0.4, -0.2) is 33.1 Å². The smallest absolute Gasteiger partial charge is 0.227 e. The van der Waals surface area contributed by atoms with E-state index in [4.69, 9.17) is 10.3 Å². The molecule has 0 radical (unpaired) electrons. The lowest BCUT2D eigenvalue weighted by Crippen LogP contribution is -2.53. The Hall–Kier alpha value is -2.28. The molecule has 0 aromatic carbocycles. The molecule has 4 rings (SSSR count). The maximum absolute atomic E-state index is 12.4. The molecule has 2 unspecified atom stereocenters. The summed E-state index contributed by atoms with van der Waals surface area (Å²) in [5.74, 6) is 2.03. The molecule has 2 atom stereocenters. The number of carbonyl (C=O) groups excluding carboxylic acids is 1. The van der Waals surface area contributed by atoms with Crippen molar-refractivity contribution in [2.24, 2.45) is 17.6 Å². The maximum Gasteiger partial charge on any atom is 0.227 e. The van der Waals surface area contributed by atoms with Crippen LogP contribution in [0.25, 0.3) is 11.5 Å². The topological polar surface area (TPSA) is 107 Å². The summed E-state index contributed by atoms with van der Waals surface area (Å²) in [5.41, 5.74) is 6.82. The van der Waals surface area contributed by atoms with Crippen molar-refractivity contribution in [2.75, 3.05) is 0 Å². The molecule has 2 saturated carbocycles. The molecule has 0 spiro atoms. The quantitative estimate of drug-likeness (QED) is 0.850. The Kier molecular flexibility index (Phi) is 4.97. The highest BCUT2D eigenvalue weighted by atomic mass is 16.5. The van der Waals surface area contributed by atoms with Gasteiger partial charge < -0.3 is 15.6 Å². The molecule has 0 saturated heterocycles. The van der Waals surface area contributed by atoms with Crippen LogP contribution < -0.4 is 11.1 Å². The first-order valence-corrected chi connectivity index (χ1v) is 9.48. The Morgan fingerprint density at radius 3 is 2.81 bits per heavy atom. The molecule has 2 aliphatic rings. The van der Waals surface area contributed by atoms with Gasteiger partial charge in [0.2, 0.25) is 17.6 Å². The molecule has 2 bridgehead atoms. The third kappa shape index (κ3) is 3.77. The van der Waals surface area contributed by atoms with Crippen molar-refractivity contribution in [2.45, 2.75) is 57.0 Å². The molecule has 2 heterocycles. The molecule has 2 aromatic heterocycles. The summed E-state index contributed by atoms with van der Waals surface area (Å²) < 4.78 is 5.25. The van der Waals surface area contributed by atoms with Gasteiger partial charge in [0.25, 0.3) is 0 Å². The fraction of sp³-hybridized carbons (Fsp3) is 0.579. The van der Waals surface area contributed by atoms with Crippen LogP contribution in [0.1, 0.15) is 44.4 Å². The number of carbonyl (C=O) groups is 1. The van der Waals surface area contributed by atoms with Gasteiger partial charge in [-0.05, 0) is 49.7 Å². The second kappa shape index (κ2) is 7.53. The molecule has 3 N–H and O–H groups in total. The van der Waals surface area contributed by atoms with Crippen LogP contribution in [0.4, 0.5) is 0 Å². The highest BCUT2D eigenvalue weighted by molar-refractivity contribution is 5.76. The Morgan fingerprint density at radius 2 is 2.08 bits per heavy atom. The van der Waals surface area contributed by atoms with E-state index in [2.05, 4.69) is 20.4 Å². The second-order valence-electron chi connectivity index (χ2n) is 7.50. The number of hydrogen-bond donors (Lipinski definition) is 2. The number of nitrogens with two attached hydrogens (primary N) is 1. The summed E-state index contributed by atoms with van der Waals surface area (Å²) >= 11 is 0. The van der Waals surface area contributed by atoms with Crippen LogP contribution in [0.3, 0.4) is 0 Å². The van der Waals surface area contributed by atoms with Gasteiger partial charge in [-0.3, -0.25) is 9.78 Å². The second-order valence-corrected chi connectivity index (χ2v) is 7.50. The predicted octanol–water partition coefficient (Wildman–Crippen LogP) is 2.09. The maximum atomic E-state index is 12.4. The highest BCUT2D eigenvalue weighted by Crippen LogP contribution is 2.39. The molecule has 26 heavy (non-hydrogen) atoms. The summed E-state index contributed by atoms with van der Waals surface area (Å²) in [6.45, 7) is 0. The Morgan fingerprint density at radius 1 is 1.27 bits per heavy atom. The third-order valence-corrected chi connectivity index (χ3v) is 5.63. The lowest BCUT2D eigenvalue weighted by molar-refractivity contribution is -0.123. The number of fused-ring (bicyclic) bond motifs is 2. The van der Waals surface area contributed by atoms with E-state index in [9.17, 15) is 4.79 Å². The van der Waals surface area contributed by atoms with Gasteiger partial charge in [0.1, 0.15) is 5.69 Å². The number of nitrogens with zero attached hydrogens (tertiary/aromatic N) is 3. The number of aryl methyl sites for hydroxylation is 1. The molecule has 2 aromatic rings. The first-order chi connectivity index (χ1) is 12.7. The van der Waals surface area contributed by atoms with Gasteiger partial charge in [-0.1, -0.05) is 17.6 Å². The molecule has 7 nitrogen and oxygen atoms in total. The predicted molar refractivity (Wildman–Crippen MR) is 95.8 cm³/mol. The van der Waals surface area contributed by atoms with Crippen LogP contribution >= 0.6 is 0 Å². The SMILES string of the molecule is NC1CC2CCCC(C1)C2NC(=O)CCc1nc(-c2ccccn2)no1. The van der Waals surface area contributed by atoms with E-state index in [0.717, 1.165) is 12.8 Å². The van der Waals surface area contributed by atoms with E-state index in [1.54, 1.807) is 6.20 Å². The van der Waals surface area contributed by atoms with Crippen molar-refractivity contribution in [3.8, 4) is 11.5 Å². The van der Waals surface area contributed by atoms with E-state index in [-0.39, 0.29) is 11.9 Å². The first kappa shape index (κ1) is 17.1. The number of aromatic nitrogens is 3. The zero-order chi connectivity index (χ0) is 17.9. The van der Waals surface area contributed by atoms with Gasteiger partial charge in [0.05, 0.1) is 0 Å². The van der Waals surface area contributed by atoms with E-state index in [1.165, 1.54) is 19.3 Å². The van der Waals surface area contributed by atoms with Crippen LogP contribution in [0.15, 0.2) is 28.9 Å². The number of rotatable bonds is 5. The van der Waals surface area contributed by atoms with Gasteiger partial charge in [0.15, 0.2) is 0 Å². The first-order valence-electron chi connectivity index (χ1n) is 9.48. The minimum atomic E-state index is 0.0555. The number of hydrogen-bond acceptors (Lipinski definition) is 6. The van der Waals surface area contributed by atoms with E-state index < -0.39 is 0 Å². The fourth-order valence-corrected chi connectivity index (χ4v) is 4.46. The Bertz CT molecular complexity index is 733. The minimum Gasteiger partial charge on any atom is -0.353 e. The van der Waals surface area contributed by atoms with Crippen molar-refractivity contribution in [3.63, 3.8) is 0 Å². The molecule has 1 amide bonds. The molecule has 2 aliphatic carbocycles. The number of nitrogens with one attached hydrogen (secondary N) is 1. The summed E-state index contributed by atoms with van der Waals surface area (Å²) in [6.07, 6.45) is 8.13. The lowest BCUT2D eigenvalue weighted by atomic mass is 9.67. The minimum absolute atomic E-state index is 0.0555. The molecule has 138 valence electrons. The van der Waals surface area contributed by atoms with Crippen molar-refractivity contribution < 1.29 is 9.32 Å². The summed E-state index contributed by atoms with van der Waals surface area (Å²) in [5, 5.41) is 7.19. The summed E-state index contributed by atoms with van der Waals surface area (Å²) in [4.78, 5) is 21.0. The average Bonchev–Trinajstić information content (AvgIpc) is 3.11. The molecular weight excluding hydrogens is 330 g/mol.